The smallest absolute Gasteiger partial charge is 0.294 e. The molecule has 3 aromatic carbocycles. The highest BCUT2D eigenvalue weighted by Crippen LogP contribution is 2.34. The average Bonchev–Trinajstić information content (AvgIpc) is 3.09. The largest absolute Gasteiger partial charge is 0.488 e. The molecule has 6 nitrogen and oxygen atoms in total. The number of aryl methyl sites for hydroxylation is 1. The summed E-state index contributed by atoms with van der Waals surface area (Å²) in [4.78, 5) is 39.2. The van der Waals surface area contributed by atoms with Crippen LogP contribution < -0.4 is 10.1 Å². The Morgan fingerprint density at radius 3 is 2.61 bits per heavy atom. The fourth-order valence-corrected chi connectivity index (χ4v) is 4.82. The van der Waals surface area contributed by atoms with Crippen molar-refractivity contribution in [3.8, 4) is 5.75 Å². The van der Waals surface area contributed by atoms with E-state index in [9.17, 15) is 14.4 Å². The molecule has 1 aliphatic rings. The molecule has 0 aromatic heterocycles. The molecule has 0 unspecified atom stereocenters. The molecule has 0 spiro atoms. The topological polar surface area (TPSA) is 75.7 Å². The molecule has 1 saturated heterocycles. The summed E-state index contributed by atoms with van der Waals surface area (Å²) in [6.07, 6.45) is 1.59. The lowest BCUT2D eigenvalue weighted by molar-refractivity contribution is -0.127. The summed E-state index contributed by atoms with van der Waals surface area (Å²) in [7, 11) is 0. The van der Waals surface area contributed by atoms with E-state index in [2.05, 4.69) is 5.32 Å². The minimum atomic E-state index is -0.531. The summed E-state index contributed by atoms with van der Waals surface area (Å²) in [5, 5.41) is 3.29. The number of anilines is 1. The van der Waals surface area contributed by atoms with Crippen molar-refractivity contribution < 1.29 is 19.1 Å². The van der Waals surface area contributed by atoms with Crippen molar-refractivity contribution in [2.24, 2.45) is 0 Å². The Morgan fingerprint density at radius 1 is 1.06 bits per heavy atom. The maximum atomic E-state index is 13.0. The Labute approximate surface area is 223 Å². The van der Waals surface area contributed by atoms with Gasteiger partial charge in [0.25, 0.3) is 11.1 Å². The monoisotopic (exact) mass is 540 g/mol. The number of carbonyl (C=O) groups excluding carboxylic acids is 3. The molecule has 1 fully saturated rings. The molecule has 3 amide bonds. The van der Waals surface area contributed by atoms with Crippen LogP contribution in [0.1, 0.15) is 22.3 Å². The van der Waals surface area contributed by atoms with E-state index in [1.54, 1.807) is 54.6 Å². The molecule has 0 aliphatic carbocycles. The molecule has 1 aliphatic heterocycles. The normalized spacial score (nSPS) is 14.4. The summed E-state index contributed by atoms with van der Waals surface area (Å²) in [5.74, 6) is -0.463. The van der Waals surface area contributed by atoms with Crippen LogP contribution in [-0.2, 0) is 16.2 Å². The van der Waals surface area contributed by atoms with Gasteiger partial charge in [0.1, 0.15) is 18.9 Å². The summed E-state index contributed by atoms with van der Waals surface area (Å²) >= 11 is 13.0. The van der Waals surface area contributed by atoms with Gasteiger partial charge in [-0.25, -0.2) is 0 Å². The van der Waals surface area contributed by atoms with Crippen LogP contribution in [-0.4, -0.2) is 28.5 Å². The first-order valence-corrected chi connectivity index (χ1v) is 12.6. The number of benzene rings is 3. The average molecular weight is 541 g/mol. The maximum absolute atomic E-state index is 13.0. The number of ether oxygens (including phenoxy) is 1. The van der Waals surface area contributed by atoms with E-state index in [-0.39, 0.29) is 18.1 Å². The maximum Gasteiger partial charge on any atom is 0.294 e. The zero-order chi connectivity index (χ0) is 25.8. The molecule has 1 N–H and O–H groups in total. The van der Waals surface area contributed by atoms with Gasteiger partial charge in [-0.2, -0.15) is 0 Å². The Kier molecular flexibility index (Phi) is 8.04. The number of imide groups is 1. The van der Waals surface area contributed by atoms with E-state index in [1.165, 1.54) is 0 Å². The van der Waals surface area contributed by atoms with Gasteiger partial charge in [-0.15, -0.1) is 0 Å². The highest BCUT2D eigenvalue weighted by atomic mass is 35.5. The zero-order valence-corrected chi connectivity index (χ0v) is 21.8. The standard InChI is InChI=1S/C27H22Cl2N2O4S/c1-16-6-5-8-22(17(16)2)30-25(32)14-31-26(33)24(36-27(31)34)12-18-7-3-4-9-23(18)35-15-19-10-11-20(28)13-21(19)29/h3-13H,14-15H2,1-2H3,(H,30,32)/b24-12+. The highest BCUT2D eigenvalue weighted by molar-refractivity contribution is 8.18. The van der Waals surface area contributed by atoms with Crippen molar-refractivity contribution in [1.29, 1.82) is 0 Å². The van der Waals surface area contributed by atoms with Gasteiger partial charge < -0.3 is 10.1 Å². The van der Waals surface area contributed by atoms with Gasteiger partial charge in [0.2, 0.25) is 5.91 Å². The van der Waals surface area contributed by atoms with Crippen molar-refractivity contribution in [2.75, 3.05) is 11.9 Å². The van der Waals surface area contributed by atoms with Crippen LogP contribution in [0.3, 0.4) is 0 Å². The van der Waals surface area contributed by atoms with E-state index in [0.29, 0.717) is 27.0 Å². The summed E-state index contributed by atoms with van der Waals surface area (Å²) in [6, 6.07) is 17.8. The molecular formula is C27H22Cl2N2O4S. The van der Waals surface area contributed by atoms with Crippen molar-refractivity contribution in [1.82, 2.24) is 4.90 Å². The fraction of sp³-hybridized carbons (Fsp3) is 0.148. The van der Waals surface area contributed by atoms with Gasteiger partial charge in [-0.3, -0.25) is 19.3 Å². The third kappa shape index (κ3) is 5.93. The van der Waals surface area contributed by atoms with E-state index in [0.717, 1.165) is 33.4 Å². The third-order valence-electron chi connectivity index (χ3n) is 5.66. The van der Waals surface area contributed by atoms with E-state index in [1.807, 2.05) is 26.0 Å². The minimum Gasteiger partial charge on any atom is -0.488 e. The number of para-hydroxylation sites is 1. The van der Waals surface area contributed by atoms with Crippen LogP contribution in [0.15, 0.2) is 65.6 Å². The fourth-order valence-electron chi connectivity index (χ4n) is 3.52. The van der Waals surface area contributed by atoms with E-state index in [4.69, 9.17) is 27.9 Å². The second kappa shape index (κ2) is 11.2. The SMILES string of the molecule is Cc1cccc(NC(=O)CN2C(=O)S/C(=C/c3ccccc3OCc3ccc(Cl)cc3Cl)C2=O)c1C. The number of rotatable bonds is 7. The predicted octanol–water partition coefficient (Wildman–Crippen LogP) is 6.86. The van der Waals surface area contributed by atoms with Crippen molar-refractivity contribution in [3.05, 3.63) is 97.9 Å². The van der Waals surface area contributed by atoms with Crippen LogP contribution in [0.2, 0.25) is 10.0 Å². The second-order valence-electron chi connectivity index (χ2n) is 8.13. The van der Waals surface area contributed by atoms with Gasteiger partial charge in [-0.05, 0) is 67.1 Å². The molecule has 4 rings (SSSR count). The third-order valence-corrected chi connectivity index (χ3v) is 7.15. The molecular weight excluding hydrogens is 519 g/mol. The lowest BCUT2D eigenvalue weighted by Crippen LogP contribution is -2.36. The van der Waals surface area contributed by atoms with Crippen molar-refractivity contribution in [2.45, 2.75) is 20.5 Å². The Hall–Kier alpha value is -3.26. The quantitative estimate of drug-likeness (QED) is 0.331. The number of nitrogens with one attached hydrogen (secondary N) is 1. The molecule has 0 bridgehead atoms. The number of halogens is 2. The number of hydrogen-bond donors (Lipinski definition) is 1. The van der Waals surface area contributed by atoms with Gasteiger partial charge in [-0.1, -0.05) is 59.6 Å². The van der Waals surface area contributed by atoms with Crippen molar-refractivity contribution >= 4 is 63.8 Å². The van der Waals surface area contributed by atoms with Gasteiger partial charge in [0.05, 0.1) is 4.91 Å². The molecule has 184 valence electrons. The number of amides is 3. The molecule has 0 saturated carbocycles. The number of nitrogens with zero attached hydrogens (tertiary/aromatic N) is 1. The van der Waals surface area contributed by atoms with Crippen LogP contribution in [0.25, 0.3) is 6.08 Å². The second-order valence-corrected chi connectivity index (χ2v) is 9.96. The summed E-state index contributed by atoms with van der Waals surface area (Å²) in [6.45, 7) is 3.66. The summed E-state index contributed by atoms with van der Waals surface area (Å²) in [5.41, 5.74) is 3.98. The molecule has 9 heteroatoms. The summed E-state index contributed by atoms with van der Waals surface area (Å²) < 4.78 is 5.94. The lowest BCUT2D eigenvalue weighted by atomic mass is 10.1. The van der Waals surface area contributed by atoms with Gasteiger partial charge in [0.15, 0.2) is 0 Å². The molecule has 36 heavy (non-hydrogen) atoms. The van der Waals surface area contributed by atoms with Gasteiger partial charge >= 0.3 is 0 Å². The molecule has 0 radical (unpaired) electrons. The Morgan fingerprint density at radius 2 is 1.83 bits per heavy atom. The van der Waals surface area contributed by atoms with E-state index < -0.39 is 17.1 Å². The van der Waals surface area contributed by atoms with E-state index >= 15 is 0 Å². The van der Waals surface area contributed by atoms with Crippen LogP contribution in [0.5, 0.6) is 5.75 Å². The van der Waals surface area contributed by atoms with Crippen molar-refractivity contribution in [3.63, 3.8) is 0 Å². The highest BCUT2D eigenvalue weighted by Gasteiger charge is 2.36. The first-order chi connectivity index (χ1) is 17.2. The lowest BCUT2D eigenvalue weighted by Gasteiger charge is -2.14. The Balaban J connectivity index is 1.46. The Bertz CT molecular complexity index is 1390. The minimum absolute atomic E-state index is 0.195. The molecule has 0 atom stereocenters. The first kappa shape index (κ1) is 25.8. The number of hydrogen-bond acceptors (Lipinski definition) is 5. The van der Waals surface area contributed by atoms with Crippen LogP contribution >= 0.6 is 35.0 Å². The number of carbonyl (C=O) groups is 3. The van der Waals surface area contributed by atoms with Crippen LogP contribution in [0, 0.1) is 13.8 Å². The molecule has 1 heterocycles. The number of thioether (sulfide) groups is 1. The zero-order valence-electron chi connectivity index (χ0n) is 19.5. The molecule has 3 aromatic rings. The van der Waals surface area contributed by atoms with Crippen LogP contribution in [0.4, 0.5) is 10.5 Å². The van der Waals surface area contributed by atoms with Gasteiger partial charge in [0, 0.05) is 26.9 Å². The predicted molar refractivity (Wildman–Crippen MR) is 144 cm³/mol. The first-order valence-electron chi connectivity index (χ1n) is 11.0.